The van der Waals surface area contributed by atoms with E-state index in [-0.39, 0.29) is 28.8 Å². The monoisotopic (exact) mass is 352 g/mol. The summed E-state index contributed by atoms with van der Waals surface area (Å²) in [4.78, 5) is 21.8. The van der Waals surface area contributed by atoms with Crippen molar-refractivity contribution in [3.8, 4) is 5.75 Å². The van der Waals surface area contributed by atoms with Crippen LogP contribution < -0.4 is 5.32 Å². The predicted octanol–water partition coefficient (Wildman–Crippen LogP) is 3.83. The number of phenolic OH excluding ortho intramolecular Hbond substituents is 1. The van der Waals surface area contributed by atoms with Crippen LogP contribution in [0.25, 0.3) is 0 Å². The normalized spacial score (nSPS) is 10.3. The van der Waals surface area contributed by atoms with Crippen LogP contribution in [0.3, 0.4) is 0 Å². The summed E-state index contributed by atoms with van der Waals surface area (Å²) < 4.78 is 0. The number of non-ortho nitro benzene ring substituents is 1. The SMILES string of the molecule is O=C(CSCc1ccccc1Cl)Nc1ccc([N+](=O)[O-])cc1O. The molecule has 0 radical (unpaired) electrons. The average molecular weight is 353 g/mol. The number of aromatic hydroxyl groups is 1. The first kappa shape index (κ1) is 17.1. The van der Waals surface area contributed by atoms with Gasteiger partial charge in [-0.25, -0.2) is 0 Å². The van der Waals surface area contributed by atoms with E-state index in [0.29, 0.717) is 10.8 Å². The van der Waals surface area contributed by atoms with Crippen molar-refractivity contribution in [3.63, 3.8) is 0 Å². The molecule has 0 saturated carbocycles. The number of nitrogens with one attached hydrogen (secondary N) is 1. The smallest absolute Gasteiger partial charge is 0.273 e. The van der Waals surface area contributed by atoms with Gasteiger partial charge in [0.25, 0.3) is 5.69 Å². The van der Waals surface area contributed by atoms with Gasteiger partial charge < -0.3 is 10.4 Å². The van der Waals surface area contributed by atoms with E-state index in [1.165, 1.54) is 23.9 Å². The highest BCUT2D eigenvalue weighted by molar-refractivity contribution is 7.99. The Morgan fingerprint density at radius 2 is 2.04 bits per heavy atom. The molecule has 120 valence electrons. The molecule has 2 aromatic carbocycles. The van der Waals surface area contributed by atoms with Crippen molar-refractivity contribution in [2.24, 2.45) is 0 Å². The fraction of sp³-hybridized carbons (Fsp3) is 0.133. The van der Waals surface area contributed by atoms with Crippen LogP contribution in [0, 0.1) is 10.1 Å². The predicted molar refractivity (Wildman–Crippen MR) is 91.0 cm³/mol. The summed E-state index contributed by atoms with van der Waals surface area (Å²) in [7, 11) is 0. The molecule has 0 heterocycles. The Morgan fingerprint density at radius 3 is 2.70 bits per heavy atom. The van der Waals surface area contributed by atoms with Gasteiger partial charge in [0.15, 0.2) is 0 Å². The Labute approximate surface area is 141 Å². The fourth-order valence-corrected chi connectivity index (χ4v) is 2.91. The Morgan fingerprint density at radius 1 is 1.30 bits per heavy atom. The molecule has 0 bridgehead atoms. The molecular weight excluding hydrogens is 340 g/mol. The summed E-state index contributed by atoms with van der Waals surface area (Å²) in [5.41, 5.74) is 0.831. The molecule has 6 nitrogen and oxygen atoms in total. The highest BCUT2D eigenvalue weighted by atomic mass is 35.5. The van der Waals surface area contributed by atoms with Crippen LogP contribution in [0.5, 0.6) is 5.75 Å². The Bertz CT molecular complexity index is 739. The lowest BCUT2D eigenvalue weighted by atomic mass is 10.2. The van der Waals surface area contributed by atoms with Gasteiger partial charge in [0, 0.05) is 16.8 Å². The molecule has 0 aromatic heterocycles. The van der Waals surface area contributed by atoms with Crippen molar-refractivity contribution < 1.29 is 14.8 Å². The van der Waals surface area contributed by atoms with Gasteiger partial charge in [-0.2, -0.15) is 0 Å². The number of thioether (sulfide) groups is 1. The van der Waals surface area contributed by atoms with Gasteiger partial charge in [-0.1, -0.05) is 29.8 Å². The molecule has 23 heavy (non-hydrogen) atoms. The number of hydrogen-bond acceptors (Lipinski definition) is 5. The minimum atomic E-state index is -0.620. The molecule has 0 saturated heterocycles. The molecule has 2 N–H and O–H groups in total. The molecule has 1 amide bonds. The number of nitro benzene ring substituents is 1. The van der Waals surface area contributed by atoms with Crippen LogP contribution in [0.15, 0.2) is 42.5 Å². The number of anilines is 1. The minimum Gasteiger partial charge on any atom is -0.506 e. The summed E-state index contributed by atoms with van der Waals surface area (Å²) in [5.74, 6) is 0.0934. The zero-order valence-electron chi connectivity index (χ0n) is 11.9. The van der Waals surface area contributed by atoms with Gasteiger partial charge in [-0.3, -0.25) is 14.9 Å². The first-order chi connectivity index (χ1) is 11.0. The van der Waals surface area contributed by atoms with Gasteiger partial charge in [-0.15, -0.1) is 11.8 Å². The third-order valence-electron chi connectivity index (χ3n) is 2.91. The van der Waals surface area contributed by atoms with Crippen LogP contribution in [0.4, 0.5) is 11.4 Å². The van der Waals surface area contributed by atoms with E-state index in [1.54, 1.807) is 6.07 Å². The maximum atomic E-state index is 11.8. The third-order valence-corrected chi connectivity index (χ3v) is 4.26. The number of benzene rings is 2. The standard InChI is InChI=1S/C15H13ClN2O4S/c16-12-4-2-1-3-10(12)8-23-9-15(20)17-13-6-5-11(18(21)22)7-14(13)19/h1-7,19H,8-9H2,(H,17,20). The Kier molecular flexibility index (Phi) is 5.84. The molecule has 0 aliphatic rings. The lowest BCUT2D eigenvalue weighted by Gasteiger charge is -2.07. The van der Waals surface area contributed by atoms with Gasteiger partial charge in [0.05, 0.1) is 22.4 Å². The van der Waals surface area contributed by atoms with E-state index < -0.39 is 4.92 Å². The second kappa shape index (κ2) is 7.85. The lowest BCUT2D eigenvalue weighted by Crippen LogP contribution is -2.14. The van der Waals surface area contributed by atoms with Crippen LogP contribution in [0.2, 0.25) is 5.02 Å². The molecule has 0 fully saturated rings. The number of phenols is 1. The number of rotatable bonds is 6. The first-order valence-corrected chi connectivity index (χ1v) is 8.09. The number of amides is 1. The minimum absolute atomic E-state index is 0.138. The first-order valence-electron chi connectivity index (χ1n) is 6.56. The van der Waals surface area contributed by atoms with E-state index in [1.807, 2.05) is 18.2 Å². The maximum absolute atomic E-state index is 11.8. The second-order valence-corrected chi connectivity index (χ2v) is 5.98. The summed E-state index contributed by atoms with van der Waals surface area (Å²) in [6.45, 7) is 0. The van der Waals surface area contributed by atoms with Gasteiger partial charge >= 0.3 is 0 Å². The van der Waals surface area contributed by atoms with Crippen molar-refractivity contribution in [1.29, 1.82) is 0 Å². The number of carbonyl (C=O) groups excluding carboxylic acids is 1. The van der Waals surface area contributed by atoms with Gasteiger partial charge in [-0.05, 0) is 17.7 Å². The van der Waals surface area contributed by atoms with E-state index >= 15 is 0 Å². The number of hydrogen-bond donors (Lipinski definition) is 2. The molecule has 8 heteroatoms. The summed E-state index contributed by atoms with van der Waals surface area (Å²) in [6.07, 6.45) is 0. The zero-order valence-corrected chi connectivity index (χ0v) is 13.4. The van der Waals surface area contributed by atoms with Crippen LogP contribution in [-0.4, -0.2) is 21.7 Å². The van der Waals surface area contributed by atoms with Crippen LogP contribution in [-0.2, 0) is 10.5 Å². The summed E-state index contributed by atoms with van der Waals surface area (Å²) in [5, 5.41) is 23.4. The van der Waals surface area contributed by atoms with Crippen LogP contribution >= 0.6 is 23.4 Å². The van der Waals surface area contributed by atoms with Crippen molar-refractivity contribution >= 4 is 40.6 Å². The van der Waals surface area contributed by atoms with Crippen LogP contribution in [0.1, 0.15) is 5.56 Å². The lowest BCUT2D eigenvalue weighted by molar-refractivity contribution is -0.384. The molecule has 0 unspecified atom stereocenters. The number of nitrogens with zero attached hydrogens (tertiary/aromatic N) is 1. The topological polar surface area (TPSA) is 92.5 Å². The molecule has 0 aliphatic heterocycles. The largest absolute Gasteiger partial charge is 0.506 e. The average Bonchev–Trinajstić information content (AvgIpc) is 2.51. The maximum Gasteiger partial charge on any atom is 0.273 e. The quantitative estimate of drug-likeness (QED) is 0.468. The molecule has 2 aromatic rings. The number of carbonyl (C=O) groups is 1. The van der Waals surface area contributed by atoms with Crippen molar-refractivity contribution in [2.45, 2.75) is 5.75 Å². The highest BCUT2D eigenvalue weighted by Crippen LogP contribution is 2.28. The number of nitro groups is 1. The molecule has 2 rings (SSSR count). The Balaban J connectivity index is 1.88. The summed E-state index contributed by atoms with van der Waals surface area (Å²) >= 11 is 7.40. The molecular formula is C15H13ClN2O4S. The zero-order chi connectivity index (χ0) is 16.8. The van der Waals surface area contributed by atoms with Crippen molar-refractivity contribution in [1.82, 2.24) is 0 Å². The van der Waals surface area contributed by atoms with E-state index in [2.05, 4.69) is 5.32 Å². The summed E-state index contributed by atoms with van der Waals surface area (Å²) in [6, 6.07) is 10.9. The fourth-order valence-electron chi connectivity index (χ4n) is 1.79. The van der Waals surface area contributed by atoms with Crippen molar-refractivity contribution in [2.75, 3.05) is 11.1 Å². The molecule has 0 atom stereocenters. The van der Waals surface area contributed by atoms with E-state index in [9.17, 15) is 20.0 Å². The van der Waals surface area contributed by atoms with Gasteiger partial charge in [0.2, 0.25) is 5.91 Å². The van der Waals surface area contributed by atoms with E-state index in [4.69, 9.17) is 11.6 Å². The highest BCUT2D eigenvalue weighted by Gasteiger charge is 2.12. The second-order valence-electron chi connectivity index (χ2n) is 4.59. The third kappa shape index (κ3) is 4.87. The van der Waals surface area contributed by atoms with Gasteiger partial charge in [0.1, 0.15) is 5.75 Å². The Hall–Kier alpha value is -2.25. The molecule has 0 spiro atoms. The number of halogens is 1. The van der Waals surface area contributed by atoms with Crippen molar-refractivity contribution in [3.05, 3.63) is 63.2 Å². The molecule has 0 aliphatic carbocycles. The van der Waals surface area contributed by atoms with E-state index in [0.717, 1.165) is 11.6 Å².